The molecule has 0 saturated carbocycles. The van der Waals surface area contributed by atoms with Crippen LogP contribution in [0, 0.1) is 0 Å². The van der Waals surface area contributed by atoms with E-state index in [4.69, 9.17) is 0 Å². The molecule has 0 N–H and O–H groups in total. The Kier molecular flexibility index (Phi) is 10.8. The number of hydrogen-bond donors (Lipinski definition) is 0. The second-order valence-corrected chi connectivity index (χ2v) is 5.63. The van der Waals surface area contributed by atoms with Crippen molar-refractivity contribution in [3.8, 4) is 0 Å². The molecular weight excluding hydrogens is 220 g/mol. The fraction of sp³-hybridized carbons (Fsp3) is 0.750. The molecule has 0 aliphatic rings. The van der Waals surface area contributed by atoms with Crippen LogP contribution in [0.25, 0.3) is 0 Å². The van der Waals surface area contributed by atoms with Gasteiger partial charge in [-0.25, -0.2) is 0 Å². The minimum atomic E-state index is 0.572. The lowest BCUT2D eigenvalue weighted by molar-refractivity contribution is 0.257. The van der Waals surface area contributed by atoms with Gasteiger partial charge in [-0.1, -0.05) is 13.2 Å². The van der Waals surface area contributed by atoms with Gasteiger partial charge < -0.3 is 9.80 Å². The molecule has 0 spiro atoms. The van der Waals surface area contributed by atoms with E-state index in [-0.39, 0.29) is 0 Å². The molecular formula is C16H34N2. The Morgan fingerprint density at radius 2 is 0.722 bits per heavy atom. The van der Waals surface area contributed by atoms with Gasteiger partial charge in [-0.15, -0.1) is 0 Å². The summed E-state index contributed by atoms with van der Waals surface area (Å²) in [5.74, 6) is 0. The van der Waals surface area contributed by atoms with E-state index >= 15 is 0 Å². The zero-order valence-corrected chi connectivity index (χ0v) is 13.8. The molecule has 2 nitrogen and oxygen atoms in total. The molecule has 18 heavy (non-hydrogen) atoms. The van der Waals surface area contributed by atoms with E-state index in [0.717, 1.165) is 0 Å². The third-order valence-electron chi connectivity index (χ3n) is 2.81. The van der Waals surface area contributed by atoms with Crippen LogP contribution in [0.2, 0.25) is 0 Å². The van der Waals surface area contributed by atoms with E-state index < -0.39 is 0 Å². The maximum absolute atomic E-state index is 3.73. The Morgan fingerprint density at radius 1 is 0.556 bits per heavy atom. The van der Waals surface area contributed by atoms with Crippen molar-refractivity contribution in [1.29, 1.82) is 0 Å². The lowest BCUT2D eigenvalue weighted by atomic mass is 10.2. The lowest BCUT2D eigenvalue weighted by Gasteiger charge is -2.28. The van der Waals surface area contributed by atoms with Crippen LogP contribution >= 0.6 is 0 Å². The molecule has 2 heteroatoms. The first kappa shape index (κ1) is 19.4. The first-order valence-corrected chi connectivity index (χ1v) is 6.98. The van der Waals surface area contributed by atoms with Gasteiger partial charge in [0.15, 0.2) is 0 Å². The maximum Gasteiger partial charge on any atom is 0.0230 e. The topological polar surface area (TPSA) is 6.48 Å². The van der Waals surface area contributed by atoms with Crippen molar-refractivity contribution in [2.24, 2.45) is 0 Å². The van der Waals surface area contributed by atoms with Crippen LogP contribution in [-0.2, 0) is 0 Å². The van der Waals surface area contributed by atoms with Gasteiger partial charge >= 0.3 is 0 Å². The first-order chi connectivity index (χ1) is 8.18. The van der Waals surface area contributed by atoms with E-state index in [0.29, 0.717) is 24.2 Å². The Labute approximate surface area is 115 Å². The number of nitrogens with zero attached hydrogens (tertiary/aromatic N) is 2. The van der Waals surface area contributed by atoms with Crippen molar-refractivity contribution in [2.45, 2.75) is 79.6 Å². The Balaban J connectivity index is 0. The first-order valence-electron chi connectivity index (χ1n) is 6.98. The highest BCUT2D eigenvalue weighted by Crippen LogP contribution is 2.04. The fourth-order valence-corrected chi connectivity index (χ4v) is 2.04. The number of rotatable bonds is 6. The van der Waals surface area contributed by atoms with Gasteiger partial charge in [0.25, 0.3) is 0 Å². The Hall–Kier alpha value is -0.920. The summed E-state index contributed by atoms with van der Waals surface area (Å²) in [7, 11) is 0. The minimum Gasteiger partial charge on any atom is -0.373 e. The molecule has 0 unspecified atom stereocenters. The van der Waals surface area contributed by atoms with Crippen molar-refractivity contribution < 1.29 is 0 Å². The van der Waals surface area contributed by atoms with Gasteiger partial charge in [0.2, 0.25) is 0 Å². The molecule has 0 bridgehead atoms. The van der Waals surface area contributed by atoms with Crippen LogP contribution in [-0.4, -0.2) is 34.0 Å². The minimum absolute atomic E-state index is 0.572. The molecule has 0 saturated heterocycles. The van der Waals surface area contributed by atoms with Crippen molar-refractivity contribution in [1.82, 2.24) is 9.80 Å². The highest BCUT2D eigenvalue weighted by Gasteiger charge is 2.06. The highest BCUT2D eigenvalue weighted by molar-refractivity contribution is 4.77. The van der Waals surface area contributed by atoms with Crippen molar-refractivity contribution >= 4 is 0 Å². The second-order valence-electron chi connectivity index (χ2n) is 5.63. The third-order valence-corrected chi connectivity index (χ3v) is 2.81. The van der Waals surface area contributed by atoms with Crippen molar-refractivity contribution in [2.75, 3.05) is 0 Å². The zero-order chi connectivity index (χ0) is 14.9. The lowest BCUT2D eigenvalue weighted by Crippen LogP contribution is -2.31. The summed E-state index contributed by atoms with van der Waals surface area (Å²) in [6.07, 6.45) is 3.80. The van der Waals surface area contributed by atoms with E-state index in [9.17, 15) is 0 Å². The largest absolute Gasteiger partial charge is 0.373 e. The van der Waals surface area contributed by atoms with Crippen molar-refractivity contribution in [3.63, 3.8) is 0 Å². The van der Waals surface area contributed by atoms with Gasteiger partial charge in [-0.3, -0.25) is 0 Å². The van der Waals surface area contributed by atoms with Crippen LogP contribution in [0.4, 0.5) is 0 Å². The molecule has 0 aromatic heterocycles. The van der Waals surface area contributed by atoms with Crippen LogP contribution < -0.4 is 0 Å². The third kappa shape index (κ3) is 8.21. The molecule has 0 aliphatic carbocycles. The second kappa shape index (κ2) is 10.0. The Morgan fingerprint density at radius 3 is 0.722 bits per heavy atom. The molecule has 108 valence electrons. The summed E-state index contributed by atoms with van der Waals surface area (Å²) in [6, 6.07) is 2.29. The summed E-state index contributed by atoms with van der Waals surface area (Å²) >= 11 is 0. The standard InChI is InChI=1S/2C8H17N/c2*1-6-9(7(2)3)8(4)5/h2*6-8H,1H2,2-5H3. The number of hydrogen-bond acceptors (Lipinski definition) is 2. The normalized spacial score (nSPS) is 10.4. The average molecular weight is 254 g/mol. The smallest absolute Gasteiger partial charge is 0.0230 e. The fourth-order valence-electron chi connectivity index (χ4n) is 2.04. The summed E-state index contributed by atoms with van der Waals surface area (Å²) in [4.78, 5) is 4.44. The molecule has 0 aliphatic heterocycles. The zero-order valence-electron chi connectivity index (χ0n) is 13.8. The summed E-state index contributed by atoms with van der Waals surface area (Å²) in [5, 5.41) is 0. The van der Waals surface area contributed by atoms with Gasteiger partial charge in [-0.05, 0) is 67.8 Å². The summed E-state index contributed by atoms with van der Waals surface area (Å²) < 4.78 is 0. The molecule has 0 radical (unpaired) electrons. The highest BCUT2D eigenvalue weighted by atomic mass is 15.2. The summed E-state index contributed by atoms with van der Waals surface area (Å²) in [6.45, 7) is 24.8. The van der Waals surface area contributed by atoms with Gasteiger partial charge in [0.1, 0.15) is 0 Å². The monoisotopic (exact) mass is 254 g/mol. The van der Waals surface area contributed by atoms with Crippen LogP contribution in [0.5, 0.6) is 0 Å². The molecule has 0 amide bonds. The average Bonchev–Trinajstić information content (AvgIpc) is 2.17. The summed E-state index contributed by atoms with van der Waals surface area (Å²) in [5.41, 5.74) is 0. The molecule has 0 fully saturated rings. The Bertz CT molecular complexity index is 177. The molecule has 0 rings (SSSR count). The van der Waals surface area contributed by atoms with E-state index in [1.807, 2.05) is 12.4 Å². The van der Waals surface area contributed by atoms with Gasteiger partial charge in [0.05, 0.1) is 0 Å². The van der Waals surface area contributed by atoms with E-state index in [1.165, 1.54) is 0 Å². The van der Waals surface area contributed by atoms with Crippen LogP contribution in [0.1, 0.15) is 55.4 Å². The van der Waals surface area contributed by atoms with Crippen LogP contribution in [0.15, 0.2) is 25.6 Å². The van der Waals surface area contributed by atoms with E-state index in [1.54, 1.807) is 0 Å². The molecule has 0 atom stereocenters. The van der Waals surface area contributed by atoms with Gasteiger partial charge in [0, 0.05) is 24.2 Å². The molecule has 0 heterocycles. The van der Waals surface area contributed by atoms with Crippen LogP contribution in [0.3, 0.4) is 0 Å². The quantitative estimate of drug-likeness (QED) is 0.688. The molecule has 0 aromatic carbocycles. The van der Waals surface area contributed by atoms with Crippen molar-refractivity contribution in [3.05, 3.63) is 25.6 Å². The predicted molar refractivity (Wildman–Crippen MR) is 84.6 cm³/mol. The van der Waals surface area contributed by atoms with E-state index in [2.05, 4.69) is 78.3 Å². The molecule has 0 aromatic rings. The van der Waals surface area contributed by atoms with Gasteiger partial charge in [-0.2, -0.15) is 0 Å². The maximum atomic E-state index is 3.73. The SMILES string of the molecule is C=CN(C(C)C)C(C)C.C=CN(C(C)C)C(C)C. The predicted octanol–water partition coefficient (Wildman–Crippen LogP) is 4.50.